The number of nitrogens with zero attached hydrogens (tertiary/aromatic N) is 1. The lowest BCUT2D eigenvalue weighted by Crippen LogP contribution is -2.49. The zero-order chi connectivity index (χ0) is 12.1. The van der Waals surface area contributed by atoms with E-state index in [1.807, 2.05) is 0 Å². The molecule has 17 heavy (non-hydrogen) atoms. The van der Waals surface area contributed by atoms with Crippen molar-refractivity contribution in [3.05, 3.63) is 0 Å². The lowest BCUT2D eigenvalue weighted by Gasteiger charge is -2.41. The molecular weight excluding hydrogens is 212 g/mol. The van der Waals surface area contributed by atoms with Crippen LogP contribution in [0.4, 0.5) is 0 Å². The lowest BCUT2D eigenvalue weighted by atomic mass is 9.83. The van der Waals surface area contributed by atoms with Crippen LogP contribution in [0.3, 0.4) is 0 Å². The number of likely N-dealkylation sites (N-methyl/N-ethyl adjacent to an activating group) is 1. The van der Waals surface area contributed by atoms with E-state index in [-0.39, 0.29) is 0 Å². The van der Waals surface area contributed by atoms with Crippen LogP contribution in [0.1, 0.15) is 39.0 Å². The average molecular weight is 240 g/mol. The van der Waals surface area contributed by atoms with Crippen LogP contribution in [0.25, 0.3) is 0 Å². The third-order valence-electron chi connectivity index (χ3n) is 4.64. The first-order valence-corrected chi connectivity index (χ1v) is 7.37. The molecule has 2 fully saturated rings. The molecular formula is C14H28N2O. The minimum absolute atomic E-state index is 0.587. The van der Waals surface area contributed by atoms with Gasteiger partial charge in [0.1, 0.15) is 0 Å². The summed E-state index contributed by atoms with van der Waals surface area (Å²) in [5, 5.41) is 0. The van der Waals surface area contributed by atoms with Crippen LogP contribution in [0, 0.1) is 11.8 Å². The summed E-state index contributed by atoms with van der Waals surface area (Å²) in [6.45, 7) is 7.38. The van der Waals surface area contributed by atoms with Gasteiger partial charge in [0.25, 0.3) is 0 Å². The van der Waals surface area contributed by atoms with Gasteiger partial charge in [0, 0.05) is 32.3 Å². The molecule has 2 rings (SSSR count). The maximum absolute atomic E-state index is 6.03. The smallest absolute Gasteiger partial charge is 0.0469 e. The molecule has 3 nitrogen and oxygen atoms in total. The van der Waals surface area contributed by atoms with Crippen LogP contribution >= 0.6 is 0 Å². The highest BCUT2D eigenvalue weighted by Crippen LogP contribution is 2.29. The Balaban J connectivity index is 1.87. The van der Waals surface area contributed by atoms with Gasteiger partial charge < -0.3 is 10.5 Å². The van der Waals surface area contributed by atoms with Crippen LogP contribution in [-0.4, -0.2) is 43.8 Å². The van der Waals surface area contributed by atoms with Gasteiger partial charge >= 0.3 is 0 Å². The Bertz CT molecular complexity index is 212. The highest BCUT2D eigenvalue weighted by molar-refractivity contribution is 4.84. The monoisotopic (exact) mass is 240 g/mol. The molecule has 0 amide bonds. The summed E-state index contributed by atoms with van der Waals surface area (Å²) in [5.74, 6) is 1.71. The molecule has 0 aromatic carbocycles. The molecule has 0 bridgehead atoms. The normalized spacial score (nSPS) is 24.9. The van der Waals surface area contributed by atoms with E-state index in [2.05, 4.69) is 11.8 Å². The first-order valence-electron chi connectivity index (χ1n) is 7.37. The molecule has 1 saturated carbocycles. The molecule has 1 aliphatic heterocycles. The van der Waals surface area contributed by atoms with Gasteiger partial charge in [0.05, 0.1) is 0 Å². The fourth-order valence-corrected chi connectivity index (χ4v) is 3.25. The first kappa shape index (κ1) is 13.3. The average Bonchev–Trinajstić information content (AvgIpc) is 2.33. The van der Waals surface area contributed by atoms with Gasteiger partial charge in [0.2, 0.25) is 0 Å². The second-order valence-corrected chi connectivity index (χ2v) is 5.64. The SMILES string of the molecule is CCN(CC1CCC1)C(CN)C1CCOCC1. The molecule has 1 saturated heterocycles. The Morgan fingerprint density at radius 3 is 2.41 bits per heavy atom. The van der Waals surface area contributed by atoms with Crippen molar-refractivity contribution in [1.29, 1.82) is 0 Å². The molecule has 0 spiro atoms. The van der Waals surface area contributed by atoms with Crippen molar-refractivity contribution in [3.8, 4) is 0 Å². The highest BCUT2D eigenvalue weighted by Gasteiger charge is 2.30. The number of rotatable bonds is 6. The van der Waals surface area contributed by atoms with Crippen molar-refractivity contribution in [2.24, 2.45) is 17.6 Å². The third kappa shape index (κ3) is 3.43. The van der Waals surface area contributed by atoms with E-state index < -0.39 is 0 Å². The molecule has 0 aromatic rings. The fraction of sp³-hybridized carbons (Fsp3) is 1.00. The molecule has 1 atom stereocenters. The second kappa shape index (κ2) is 6.72. The second-order valence-electron chi connectivity index (χ2n) is 5.64. The van der Waals surface area contributed by atoms with Crippen LogP contribution in [0.2, 0.25) is 0 Å². The first-order chi connectivity index (χ1) is 8.35. The summed E-state index contributed by atoms with van der Waals surface area (Å²) in [6, 6.07) is 0.587. The van der Waals surface area contributed by atoms with Gasteiger partial charge in [-0.15, -0.1) is 0 Å². The molecule has 2 N–H and O–H groups in total. The van der Waals surface area contributed by atoms with Crippen molar-refractivity contribution in [1.82, 2.24) is 4.90 Å². The zero-order valence-electron chi connectivity index (χ0n) is 11.2. The Labute approximate surface area is 106 Å². The minimum atomic E-state index is 0.587. The van der Waals surface area contributed by atoms with Gasteiger partial charge in [0.15, 0.2) is 0 Å². The van der Waals surface area contributed by atoms with E-state index in [9.17, 15) is 0 Å². The predicted octanol–water partition coefficient (Wildman–Crippen LogP) is 1.86. The van der Waals surface area contributed by atoms with Crippen molar-refractivity contribution in [2.45, 2.75) is 45.1 Å². The number of hydrogen-bond donors (Lipinski definition) is 1. The van der Waals surface area contributed by atoms with E-state index in [4.69, 9.17) is 10.5 Å². The topological polar surface area (TPSA) is 38.5 Å². The van der Waals surface area contributed by atoms with Crippen molar-refractivity contribution in [3.63, 3.8) is 0 Å². The summed E-state index contributed by atoms with van der Waals surface area (Å²) in [7, 11) is 0. The Kier molecular flexibility index (Phi) is 5.26. The summed E-state index contributed by atoms with van der Waals surface area (Å²) >= 11 is 0. The molecule has 1 heterocycles. The van der Waals surface area contributed by atoms with Crippen LogP contribution < -0.4 is 5.73 Å². The lowest BCUT2D eigenvalue weighted by molar-refractivity contribution is 0.0209. The minimum Gasteiger partial charge on any atom is -0.381 e. The van der Waals surface area contributed by atoms with Crippen LogP contribution in [0.5, 0.6) is 0 Å². The summed E-state index contributed by atoms with van der Waals surface area (Å²) in [4.78, 5) is 2.64. The predicted molar refractivity (Wildman–Crippen MR) is 71.0 cm³/mol. The maximum Gasteiger partial charge on any atom is 0.0469 e. The Morgan fingerprint density at radius 2 is 1.94 bits per heavy atom. The maximum atomic E-state index is 6.03. The molecule has 3 heteroatoms. The quantitative estimate of drug-likeness (QED) is 0.770. The summed E-state index contributed by atoms with van der Waals surface area (Å²) in [5.41, 5.74) is 6.03. The molecule has 0 radical (unpaired) electrons. The summed E-state index contributed by atoms with van der Waals surface area (Å²) in [6.07, 6.45) is 6.70. The van der Waals surface area contributed by atoms with E-state index >= 15 is 0 Å². The number of hydrogen-bond acceptors (Lipinski definition) is 3. The standard InChI is InChI=1S/C14H28N2O/c1-2-16(11-12-4-3-5-12)14(10-15)13-6-8-17-9-7-13/h12-14H,2-11,15H2,1H3. The van der Waals surface area contributed by atoms with Gasteiger partial charge in [-0.25, -0.2) is 0 Å². The third-order valence-corrected chi connectivity index (χ3v) is 4.64. The zero-order valence-corrected chi connectivity index (χ0v) is 11.2. The number of nitrogens with two attached hydrogens (primary N) is 1. The Morgan fingerprint density at radius 1 is 1.24 bits per heavy atom. The largest absolute Gasteiger partial charge is 0.381 e. The highest BCUT2D eigenvalue weighted by atomic mass is 16.5. The number of ether oxygens (including phenoxy) is 1. The summed E-state index contributed by atoms with van der Waals surface area (Å²) < 4.78 is 5.46. The molecule has 0 aromatic heterocycles. The Hall–Kier alpha value is -0.120. The van der Waals surface area contributed by atoms with E-state index in [1.165, 1.54) is 38.6 Å². The van der Waals surface area contributed by atoms with E-state index in [0.29, 0.717) is 6.04 Å². The van der Waals surface area contributed by atoms with Gasteiger partial charge in [-0.3, -0.25) is 4.90 Å². The molecule has 1 unspecified atom stereocenters. The molecule has 1 aliphatic carbocycles. The van der Waals surface area contributed by atoms with Gasteiger partial charge in [-0.2, -0.15) is 0 Å². The van der Waals surface area contributed by atoms with E-state index in [0.717, 1.165) is 38.1 Å². The van der Waals surface area contributed by atoms with Crippen molar-refractivity contribution < 1.29 is 4.74 Å². The van der Waals surface area contributed by atoms with Crippen molar-refractivity contribution >= 4 is 0 Å². The van der Waals surface area contributed by atoms with Gasteiger partial charge in [-0.1, -0.05) is 13.3 Å². The molecule has 2 aliphatic rings. The van der Waals surface area contributed by atoms with Crippen LogP contribution in [0.15, 0.2) is 0 Å². The molecule has 100 valence electrons. The van der Waals surface area contributed by atoms with Gasteiger partial charge in [-0.05, 0) is 44.1 Å². The van der Waals surface area contributed by atoms with Crippen LogP contribution in [-0.2, 0) is 4.74 Å². The fourth-order valence-electron chi connectivity index (χ4n) is 3.25. The van der Waals surface area contributed by atoms with E-state index in [1.54, 1.807) is 0 Å². The van der Waals surface area contributed by atoms with Crippen molar-refractivity contribution in [2.75, 3.05) is 32.8 Å².